The minimum absolute atomic E-state index is 0.0537. The second kappa shape index (κ2) is 7.36. The molecule has 2 heterocycles. The van der Waals surface area contributed by atoms with Gasteiger partial charge in [-0.3, -0.25) is 9.69 Å². The third-order valence-electron chi connectivity index (χ3n) is 4.76. The number of fused-ring (bicyclic) bond motifs is 1. The number of rotatable bonds is 4. The fourth-order valence-electron chi connectivity index (χ4n) is 3.37. The Balaban J connectivity index is 1.72. The highest BCUT2D eigenvalue weighted by Crippen LogP contribution is 2.38. The zero-order valence-corrected chi connectivity index (χ0v) is 15.2. The van der Waals surface area contributed by atoms with Gasteiger partial charge in [0.05, 0.1) is 13.2 Å². The summed E-state index contributed by atoms with van der Waals surface area (Å²) in [4.78, 5) is 13.7. The van der Waals surface area contributed by atoms with Gasteiger partial charge in [0.1, 0.15) is 18.1 Å². The van der Waals surface area contributed by atoms with Crippen molar-refractivity contribution < 1.29 is 24.1 Å². The minimum Gasteiger partial charge on any atom is -0.480 e. The molecule has 1 aliphatic rings. The van der Waals surface area contributed by atoms with E-state index >= 15 is 0 Å². The van der Waals surface area contributed by atoms with Gasteiger partial charge in [-0.25, -0.2) is 4.39 Å². The van der Waals surface area contributed by atoms with Crippen LogP contribution in [0.1, 0.15) is 11.1 Å². The number of benzene rings is 2. The SMILES string of the molecule is O=C(O)C1COCCN1C(O)c1cc2c(-c3ccc(F)cc3)cccc2s1. The first kappa shape index (κ1) is 18.1. The maximum Gasteiger partial charge on any atom is 0.323 e. The number of aliphatic carboxylic acids is 1. The molecule has 0 aliphatic carbocycles. The Bertz CT molecular complexity index is 972. The topological polar surface area (TPSA) is 70.0 Å². The van der Waals surface area contributed by atoms with E-state index in [2.05, 4.69) is 0 Å². The van der Waals surface area contributed by atoms with Crippen molar-refractivity contribution in [2.24, 2.45) is 0 Å². The molecule has 0 spiro atoms. The molecule has 1 saturated heterocycles. The number of aliphatic hydroxyl groups is 1. The third kappa shape index (κ3) is 3.46. The molecular formula is C20H18FNO4S. The lowest BCUT2D eigenvalue weighted by atomic mass is 10.0. The summed E-state index contributed by atoms with van der Waals surface area (Å²) in [6.45, 7) is 0.780. The Hall–Kier alpha value is -2.32. The van der Waals surface area contributed by atoms with Crippen molar-refractivity contribution in [3.05, 3.63) is 59.2 Å². The van der Waals surface area contributed by atoms with Gasteiger partial charge < -0.3 is 14.9 Å². The number of morpholine rings is 1. The third-order valence-corrected chi connectivity index (χ3v) is 5.90. The highest BCUT2D eigenvalue weighted by molar-refractivity contribution is 7.19. The first-order valence-corrected chi connectivity index (χ1v) is 9.39. The smallest absolute Gasteiger partial charge is 0.323 e. The first-order chi connectivity index (χ1) is 13.0. The maximum absolute atomic E-state index is 13.2. The number of halogens is 1. The molecule has 2 N–H and O–H groups in total. The van der Waals surface area contributed by atoms with Gasteiger partial charge in [-0.2, -0.15) is 0 Å². The second-order valence-electron chi connectivity index (χ2n) is 6.41. The van der Waals surface area contributed by atoms with Gasteiger partial charge in [0.15, 0.2) is 0 Å². The maximum atomic E-state index is 13.2. The lowest BCUT2D eigenvalue weighted by molar-refractivity contribution is -0.160. The van der Waals surface area contributed by atoms with Gasteiger partial charge in [-0.05, 0) is 35.4 Å². The number of carbonyl (C=O) groups is 1. The Morgan fingerprint density at radius 1 is 1.26 bits per heavy atom. The van der Waals surface area contributed by atoms with E-state index in [0.29, 0.717) is 18.0 Å². The average molecular weight is 387 g/mol. The van der Waals surface area contributed by atoms with Crippen molar-refractivity contribution in [3.63, 3.8) is 0 Å². The van der Waals surface area contributed by atoms with Crippen molar-refractivity contribution in [3.8, 4) is 11.1 Å². The Morgan fingerprint density at radius 2 is 2.04 bits per heavy atom. The molecule has 3 aromatic rings. The van der Waals surface area contributed by atoms with Crippen LogP contribution in [0.15, 0.2) is 48.5 Å². The lowest BCUT2D eigenvalue weighted by Crippen LogP contribution is -2.51. The molecule has 0 amide bonds. The second-order valence-corrected chi connectivity index (χ2v) is 7.53. The van der Waals surface area contributed by atoms with E-state index in [1.165, 1.54) is 23.5 Å². The molecule has 27 heavy (non-hydrogen) atoms. The zero-order valence-electron chi connectivity index (χ0n) is 14.3. The van der Waals surface area contributed by atoms with E-state index in [-0.39, 0.29) is 12.4 Å². The van der Waals surface area contributed by atoms with Gasteiger partial charge in [-0.15, -0.1) is 11.3 Å². The first-order valence-electron chi connectivity index (χ1n) is 8.57. The number of hydrogen-bond donors (Lipinski definition) is 2. The number of carboxylic acid groups (broad SMARTS) is 1. The summed E-state index contributed by atoms with van der Waals surface area (Å²) in [6.07, 6.45) is -1.02. The van der Waals surface area contributed by atoms with E-state index < -0.39 is 18.2 Å². The molecule has 1 fully saturated rings. The molecular weight excluding hydrogens is 369 g/mol. The molecule has 2 aromatic carbocycles. The van der Waals surface area contributed by atoms with Crippen LogP contribution >= 0.6 is 11.3 Å². The van der Waals surface area contributed by atoms with E-state index in [9.17, 15) is 19.4 Å². The van der Waals surface area contributed by atoms with Crippen molar-refractivity contribution in [2.75, 3.05) is 19.8 Å². The van der Waals surface area contributed by atoms with Crippen LogP contribution in [-0.4, -0.2) is 46.9 Å². The molecule has 0 radical (unpaired) electrons. The molecule has 2 atom stereocenters. The summed E-state index contributed by atoms with van der Waals surface area (Å²) in [5, 5.41) is 21.2. The van der Waals surface area contributed by atoms with Gasteiger partial charge in [0, 0.05) is 21.5 Å². The predicted octanol–water partition coefficient (Wildman–Crippen LogP) is 3.48. The zero-order chi connectivity index (χ0) is 19.0. The Kier molecular flexibility index (Phi) is 4.92. The largest absolute Gasteiger partial charge is 0.480 e. The van der Waals surface area contributed by atoms with E-state index in [0.717, 1.165) is 21.2 Å². The average Bonchev–Trinajstić information content (AvgIpc) is 3.12. The van der Waals surface area contributed by atoms with Crippen LogP contribution in [0.2, 0.25) is 0 Å². The quantitative estimate of drug-likeness (QED) is 0.717. The van der Waals surface area contributed by atoms with Crippen molar-refractivity contribution in [1.29, 1.82) is 0 Å². The van der Waals surface area contributed by atoms with E-state index in [1.807, 2.05) is 24.3 Å². The summed E-state index contributed by atoms with van der Waals surface area (Å²) < 4.78 is 19.5. The van der Waals surface area contributed by atoms with Crippen LogP contribution in [0.25, 0.3) is 21.2 Å². The van der Waals surface area contributed by atoms with Gasteiger partial charge in [-0.1, -0.05) is 24.3 Å². The Morgan fingerprint density at radius 3 is 2.78 bits per heavy atom. The molecule has 2 unspecified atom stereocenters. The highest BCUT2D eigenvalue weighted by atomic mass is 32.1. The minimum atomic E-state index is -1.02. The van der Waals surface area contributed by atoms with Crippen LogP contribution in [0.3, 0.4) is 0 Å². The number of nitrogens with zero attached hydrogens (tertiary/aromatic N) is 1. The fourth-order valence-corrected chi connectivity index (χ4v) is 4.47. The van der Waals surface area contributed by atoms with Crippen LogP contribution < -0.4 is 0 Å². The van der Waals surface area contributed by atoms with E-state index in [4.69, 9.17) is 4.74 Å². The number of hydrogen-bond acceptors (Lipinski definition) is 5. The molecule has 0 saturated carbocycles. The molecule has 1 aromatic heterocycles. The van der Waals surface area contributed by atoms with Crippen LogP contribution in [0, 0.1) is 5.82 Å². The van der Waals surface area contributed by atoms with Crippen LogP contribution in [-0.2, 0) is 9.53 Å². The molecule has 0 bridgehead atoms. The summed E-state index contributed by atoms with van der Waals surface area (Å²) in [6, 6.07) is 13.1. The lowest BCUT2D eigenvalue weighted by Gasteiger charge is -2.35. The van der Waals surface area contributed by atoms with Crippen molar-refractivity contribution >= 4 is 27.4 Å². The Labute approximate surface area is 159 Å². The number of ether oxygens (including phenoxy) is 1. The monoisotopic (exact) mass is 387 g/mol. The van der Waals surface area contributed by atoms with Crippen molar-refractivity contribution in [2.45, 2.75) is 12.3 Å². The number of carboxylic acids is 1. The van der Waals surface area contributed by atoms with E-state index in [1.54, 1.807) is 17.0 Å². The molecule has 4 rings (SSSR count). The highest BCUT2D eigenvalue weighted by Gasteiger charge is 2.34. The van der Waals surface area contributed by atoms with Crippen LogP contribution in [0.5, 0.6) is 0 Å². The predicted molar refractivity (Wildman–Crippen MR) is 101 cm³/mol. The molecule has 5 nitrogen and oxygen atoms in total. The standard InChI is InChI=1S/C20H18FNO4S/c21-13-6-4-12(5-7-13)14-2-1-3-17-15(14)10-18(27-17)19(23)22-8-9-26-11-16(22)20(24)25/h1-7,10,16,19,23H,8-9,11H2,(H,24,25). The normalized spacial score (nSPS) is 19.3. The molecule has 140 valence electrons. The summed E-state index contributed by atoms with van der Waals surface area (Å²) >= 11 is 1.43. The van der Waals surface area contributed by atoms with Crippen LogP contribution in [0.4, 0.5) is 4.39 Å². The summed E-state index contributed by atoms with van der Waals surface area (Å²) in [5.74, 6) is -1.30. The number of aliphatic hydroxyl groups excluding tert-OH is 1. The number of thiophene rings is 1. The van der Waals surface area contributed by atoms with Gasteiger partial charge in [0.25, 0.3) is 0 Å². The summed E-state index contributed by atoms with van der Waals surface area (Å²) in [5.41, 5.74) is 1.83. The molecule has 7 heteroatoms. The molecule has 1 aliphatic heterocycles. The van der Waals surface area contributed by atoms with Gasteiger partial charge >= 0.3 is 5.97 Å². The van der Waals surface area contributed by atoms with Gasteiger partial charge in [0.2, 0.25) is 0 Å². The fraction of sp³-hybridized carbons (Fsp3) is 0.250. The summed E-state index contributed by atoms with van der Waals surface area (Å²) in [7, 11) is 0. The van der Waals surface area contributed by atoms with Crippen molar-refractivity contribution in [1.82, 2.24) is 4.90 Å².